The third kappa shape index (κ3) is 4.86. The van der Waals surface area contributed by atoms with Crippen LogP contribution in [0.2, 0.25) is 0 Å². The topological polar surface area (TPSA) is 85.7 Å². The Morgan fingerprint density at radius 3 is 2.45 bits per heavy atom. The first-order valence-electron chi connectivity index (χ1n) is 10.0. The molecule has 6 heteroatoms. The molecule has 0 spiro atoms. The molecule has 1 atom stereocenters. The molecule has 0 bridgehead atoms. The van der Waals surface area contributed by atoms with Crippen LogP contribution < -0.4 is 4.74 Å². The van der Waals surface area contributed by atoms with Crippen molar-refractivity contribution in [2.24, 2.45) is 0 Å². The normalized spacial score (nSPS) is 11.9. The van der Waals surface area contributed by atoms with Crippen LogP contribution in [0.25, 0.3) is 11.3 Å². The minimum atomic E-state index is -0.895. The second kappa shape index (κ2) is 8.92. The number of aromatic nitrogens is 1. The summed E-state index contributed by atoms with van der Waals surface area (Å²) in [5.74, 6) is 1.05. The van der Waals surface area contributed by atoms with Gasteiger partial charge >= 0.3 is 5.97 Å². The number of aryl methyl sites for hydroxylation is 2. The number of hydrogen-bond acceptors (Lipinski definition) is 5. The summed E-state index contributed by atoms with van der Waals surface area (Å²) in [5, 5.41) is 13.1. The van der Waals surface area contributed by atoms with Crippen LogP contribution >= 0.6 is 0 Å². The molecule has 0 aliphatic carbocycles. The maximum Gasteiger partial charge on any atom is 0.304 e. The van der Waals surface area contributed by atoms with E-state index in [4.69, 9.17) is 13.7 Å². The Labute approximate surface area is 180 Å². The van der Waals surface area contributed by atoms with Crippen LogP contribution in [0, 0.1) is 13.8 Å². The summed E-state index contributed by atoms with van der Waals surface area (Å²) in [6.45, 7) is 4.35. The maximum absolute atomic E-state index is 11.3. The summed E-state index contributed by atoms with van der Waals surface area (Å²) in [4.78, 5) is 11.3. The molecular formula is C25H23NO5. The second-order valence-electron chi connectivity index (χ2n) is 7.49. The molecule has 158 valence electrons. The van der Waals surface area contributed by atoms with Gasteiger partial charge in [-0.25, -0.2) is 0 Å². The molecule has 2 aromatic carbocycles. The van der Waals surface area contributed by atoms with Crippen molar-refractivity contribution >= 4 is 5.97 Å². The van der Waals surface area contributed by atoms with E-state index in [1.165, 1.54) is 11.8 Å². The highest BCUT2D eigenvalue weighted by atomic mass is 16.5. The molecule has 0 aliphatic rings. The Bertz CT molecular complexity index is 1140. The average Bonchev–Trinajstić information content (AvgIpc) is 3.41. The van der Waals surface area contributed by atoms with E-state index in [2.05, 4.69) is 24.2 Å². The Hall–Kier alpha value is -3.80. The van der Waals surface area contributed by atoms with Crippen molar-refractivity contribution in [1.29, 1.82) is 0 Å². The van der Waals surface area contributed by atoms with Gasteiger partial charge in [0, 0.05) is 23.1 Å². The standard InChI is InChI=1S/C25H23NO5/c1-16-3-5-19(6-4-16)24-13-20(17(2)31-24)15-29-21-9-7-18(8-10-21)22(14-25(27)28)23-11-12-30-26-23/h3-13,22H,14-15H2,1-2H3,(H,27,28). The van der Waals surface area contributed by atoms with Crippen LogP contribution in [0.5, 0.6) is 5.75 Å². The molecule has 1 unspecified atom stereocenters. The number of ether oxygens (including phenoxy) is 1. The minimum absolute atomic E-state index is 0.0667. The second-order valence-corrected chi connectivity index (χ2v) is 7.49. The highest BCUT2D eigenvalue weighted by Gasteiger charge is 2.20. The maximum atomic E-state index is 11.3. The number of hydrogen-bond donors (Lipinski definition) is 1. The number of benzene rings is 2. The van der Waals surface area contributed by atoms with Crippen LogP contribution in [0.3, 0.4) is 0 Å². The Morgan fingerprint density at radius 1 is 1.06 bits per heavy atom. The lowest BCUT2D eigenvalue weighted by atomic mass is 9.92. The summed E-state index contributed by atoms with van der Waals surface area (Å²) in [6, 6.07) is 19.3. The third-order valence-corrected chi connectivity index (χ3v) is 5.23. The molecule has 0 amide bonds. The van der Waals surface area contributed by atoms with Gasteiger partial charge in [0.1, 0.15) is 30.1 Å². The van der Waals surface area contributed by atoms with E-state index in [1.54, 1.807) is 6.07 Å². The van der Waals surface area contributed by atoms with E-state index < -0.39 is 5.97 Å². The van der Waals surface area contributed by atoms with Gasteiger partial charge in [-0.05, 0) is 37.6 Å². The van der Waals surface area contributed by atoms with Crippen molar-refractivity contribution in [1.82, 2.24) is 5.16 Å². The van der Waals surface area contributed by atoms with E-state index in [9.17, 15) is 9.90 Å². The lowest BCUT2D eigenvalue weighted by molar-refractivity contribution is -0.137. The van der Waals surface area contributed by atoms with Crippen LogP contribution in [-0.4, -0.2) is 16.2 Å². The Morgan fingerprint density at radius 2 is 1.81 bits per heavy atom. The van der Waals surface area contributed by atoms with E-state index >= 15 is 0 Å². The summed E-state index contributed by atoms with van der Waals surface area (Å²) in [7, 11) is 0. The fourth-order valence-electron chi connectivity index (χ4n) is 3.45. The van der Waals surface area contributed by atoms with E-state index in [0.717, 1.165) is 28.2 Å². The molecule has 0 saturated heterocycles. The van der Waals surface area contributed by atoms with Crippen molar-refractivity contribution in [3.8, 4) is 17.1 Å². The number of carbonyl (C=O) groups is 1. The number of rotatable bonds is 8. The Kier molecular flexibility index (Phi) is 5.89. The first-order chi connectivity index (χ1) is 15.0. The van der Waals surface area contributed by atoms with Crippen molar-refractivity contribution in [3.63, 3.8) is 0 Å². The van der Waals surface area contributed by atoms with Crippen molar-refractivity contribution in [2.75, 3.05) is 0 Å². The predicted octanol–water partition coefficient (Wildman–Crippen LogP) is 5.74. The molecule has 2 heterocycles. The van der Waals surface area contributed by atoms with Crippen molar-refractivity contribution < 1.29 is 23.6 Å². The van der Waals surface area contributed by atoms with Crippen LogP contribution in [0.15, 0.2) is 75.9 Å². The van der Waals surface area contributed by atoms with Crippen LogP contribution in [0.4, 0.5) is 0 Å². The largest absolute Gasteiger partial charge is 0.489 e. The van der Waals surface area contributed by atoms with Crippen LogP contribution in [0.1, 0.15) is 40.5 Å². The van der Waals surface area contributed by atoms with Gasteiger partial charge in [-0.3, -0.25) is 4.79 Å². The summed E-state index contributed by atoms with van der Waals surface area (Å²) >= 11 is 0. The SMILES string of the molecule is Cc1ccc(-c2cc(COc3ccc(C(CC(=O)O)c4ccon4)cc3)c(C)o2)cc1. The fraction of sp³-hybridized carbons (Fsp3) is 0.200. The molecule has 1 N–H and O–H groups in total. The van der Waals surface area contributed by atoms with Crippen molar-refractivity contribution in [2.45, 2.75) is 32.8 Å². The van der Waals surface area contributed by atoms with Crippen molar-refractivity contribution in [3.05, 3.63) is 95.1 Å². The first kappa shape index (κ1) is 20.5. The number of nitrogens with zero attached hydrogens (tertiary/aromatic N) is 1. The van der Waals surface area contributed by atoms with Gasteiger partial charge in [-0.1, -0.05) is 47.1 Å². The molecule has 0 radical (unpaired) electrons. The highest BCUT2D eigenvalue weighted by molar-refractivity contribution is 5.69. The van der Waals surface area contributed by atoms with E-state index in [0.29, 0.717) is 18.1 Å². The summed E-state index contributed by atoms with van der Waals surface area (Å²) in [6.07, 6.45) is 1.38. The number of aliphatic carboxylic acids is 1. The molecule has 31 heavy (non-hydrogen) atoms. The summed E-state index contributed by atoms with van der Waals surface area (Å²) < 4.78 is 16.7. The Balaban J connectivity index is 1.45. The lowest BCUT2D eigenvalue weighted by Crippen LogP contribution is -2.08. The van der Waals surface area contributed by atoms with Crippen LogP contribution in [-0.2, 0) is 11.4 Å². The predicted molar refractivity (Wildman–Crippen MR) is 115 cm³/mol. The zero-order valence-electron chi connectivity index (χ0n) is 17.4. The van der Waals surface area contributed by atoms with E-state index in [1.807, 2.05) is 49.4 Å². The highest BCUT2D eigenvalue weighted by Crippen LogP contribution is 2.30. The monoisotopic (exact) mass is 417 g/mol. The minimum Gasteiger partial charge on any atom is -0.489 e. The molecule has 0 fully saturated rings. The first-order valence-corrected chi connectivity index (χ1v) is 10.0. The summed E-state index contributed by atoms with van der Waals surface area (Å²) in [5.41, 5.74) is 4.64. The smallest absolute Gasteiger partial charge is 0.304 e. The molecule has 0 aliphatic heterocycles. The van der Waals surface area contributed by atoms with Gasteiger partial charge in [-0.15, -0.1) is 0 Å². The zero-order valence-corrected chi connectivity index (χ0v) is 17.4. The zero-order chi connectivity index (χ0) is 21.8. The lowest BCUT2D eigenvalue weighted by Gasteiger charge is -2.13. The fourth-order valence-corrected chi connectivity index (χ4v) is 3.45. The third-order valence-electron chi connectivity index (χ3n) is 5.23. The van der Waals surface area contributed by atoms with Gasteiger partial charge in [0.05, 0.1) is 12.1 Å². The van der Waals surface area contributed by atoms with Gasteiger partial charge < -0.3 is 18.8 Å². The molecule has 4 rings (SSSR count). The van der Waals surface area contributed by atoms with Gasteiger partial charge in [0.15, 0.2) is 0 Å². The molecule has 6 nitrogen and oxygen atoms in total. The molecule has 0 saturated carbocycles. The van der Waals surface area contributed by atoms with E-state index in [-0.39, 0.29) is 12.3 Å². The molecular weight excluding hydrogens is 394 g/mol. The molecule has 2 aromatic heterocycles. The number of carboxylic acid groups (broad SMARTS) is 1. The quantitative estimate of drug-likeness (QED) is 0.394. The number of carboxylic acids is 1. The van der Waals surface area contributed by atoms with Gasteiger partial charge in [0.2, 0.25) is 0 Å². The number of furan rings is 1. The molecule has 4 aromatic rings. The van der Waals surface area contributed by atoms with Gasteiger partial charge in [-0.2, -0.15) is 0 Å². The van der Waals surface area contributed by atoms with Gasteiger partial charge in [0.25, 0.3) is 0 Å². The average molecular weight is 417 g/mol.